The summed E-state index contributed by atoms with van der Waals surface area (Å²) >= 11 is 0. The monoisotopic (exact) mass is 214 g/mol. The van der Waals surface area contributed by atoms with Crippen LogP contribution in [0.25, 0.3) is 0 Å². The van der Waals surface area contributed by atoms with Gasteiger partial charge in [0.15, 0.2) is 5.78 Å². The van der Waals surface area contributed by atoms with Crippen LogP contribution in [-0.2, 0) is 6.42 Å². The number of carbonyl (C=O) groups excluding carboxylic acids is 1. The molecule has 0 unspecified atom stereocenters. The molecule has 0 fully saturated rings. The van der Waals surface area contributed by atoms with Gasteiger partial charge in [0.25, 0.3) is 0 Å². The van der Waals surface area contributed by atoms with Crippen molar-refractivity contribution in [2.75, 3.05) is 0 Å². The Balaban J connectivity index is 2.38. The van der Waals surface area contributed by atoms with E-state index in [1.165, 1.54) is 5.56 Å². The number of ketones is 1. The van der Waals surface area contributed by atoms with Gasteiger partial charge in [0.05, 0.1) is 11.8 Å². The molecule has 0 aliphatic carbocycles. The smallest absolute Gasteiger partial charge is 0.196 e. The van der Waals surface area contributed by atoms with Crippen LogP contribution >= 0.6 is 0 Å². The lowest BCUT2D eigenvalue weighted by atomic mass is 10.0. The van der Waals surface area contributed by atoms with Gasteiger partial charge in [0.1, 0.15) is 5.76 Å². The van der Waals surface area contributed by atoms with Crippen molar-refractivity contribution in [1.82, 2.24) is 0 Å². The molecule has 2 heteroatoms. The Morgan fingerprint density at radius 3 is 2.75 bits per heavy atom. The van der Waals surface area contributed by atoms with Crippen LogP contribution in [0.1, 0.15) is 34.2 Å². The summed E-state index contributed by atoms with van der Waals surface area (Å²) in [4.78, 5) is 12.1. The van der Waals surface area contributed by atoms with E-state index in [2.05, 4.69) is 6.92 Å². The van der Waals surface area contributed by atoms with Gasteiger partial charge in [-0.15, -0.1) is 0 Å². The van der Waals surface area contributed by atoms with Crippen LogP contribution in [0.2, 0.25) is 0 Å². The van der Waals surface area contributed by atoms with Crippen molar-refractivity contribution in [3.8, 4) is 0 Å². The second-order valence-electron chi connectivity index (χ2n) is 3.77. The summed E-state index contributed by atoms with van der Waals surface area (Å²) < 4.78 is 5.14. The highest BCUT2D eigenvalue weighted by atomic mass is 16.3. The SMILES string of the molecule is CCc1cccc(C(=O)c2ccoc2C)c1. The molecule has 0 radical (unpaired) electrons. The van der Waals surface area contributed by atoms with Gasteiger partial charge in [0, 0.05) is 5.56 Å². The zero-order valence-electron chi connectivity index (χ0n) is 9.49. The fourth-order valence-electron chi connectivity index (χ4n) is 1.71. The molecule has 0 bridgehead atoms. The maximum Gasteiger partial charge on any atom is 0.196 e. The molecule has 82 valence electrons. The molecule has 0 saturated heterocycles. The van der Waals surface area contributed by atoms with E-state index in [1.807, 2.05) is 24.3 Å². The van der Waals surface area contributed by atoms with Crippen LogP contribution < -0.4 is 0 Å². The molecule has 0 aliphatic rings. The Bertz CT molecular complexity index is 509. The quantitative estimate of drug-likeness (QED) is 0.733. The van der Waals surface area contributed by atoms with Crippen LogP contribution in [0.3, 0.4) is 0 Å². The van der Waals surface area contributed by atoms with Gasteiger partial charge >= 0.3 is 0 Å². The van der Waals surface area contributed by atoms with E-state index in [4.69, 9.17) is 4.42 Å². The number of carbonyl (C=O) groups is 1. The summed E-state index contributed by atoms with van der Waals surface area (Å²) in [5, 5.41) is 0. The van der Waals surface area contributed by atoms with Crippen LogP contribution in [-0.4, -0.2) is 5.78 Å². The van der Waals surface area contributed by atoms with Gasteiger partial charge in [0.2, 0.25) is 0 Å². The molecule has 2 nitrogen and oxygen atoms in total. The average molecular weight is 214 g/mol. The number of rotatable bonds is 3. The Kier molecular flexibility index (Phi) is 2.91. The zero-order valence-corrected chi connectivity index (χ0v) is 9.49. The summed E-state index contributed by atoms with van der Waals surface area (Å²) in [6, 6.07) is 9.44. The van der Waals surface area contributed by atoms with Crippen molar-refractivity contribution in [2.45, 2.75) is 20.3 Å². The van der Waals surface area contributed by atoms with Gasteiger partial charge in [-0.05, 0) is 31.0 Å². The Hall–Kier alpha value is -1.83. The molecule has 0 saturated carbocycles. The molecular formula is C14H14O2. The van der Waals surface area contributed by atoms with Crippen LogP contribution in [0, 0.1) is 6.92 Å². The van der Waals surface area contributed by atoms with Crippen LogP contribution in [0.4, 0.5) is 0 Å². The number of furan rings is 1. The van der Waals surface area contributed by atoms with E-state index in [9.17, 15) is 4.79 Å². The van der Waals surface area contributed by atoms with E-state index >= 15 is 0 Å². The van der Waals surface area contributed by atoms with Crippen LogP contribution in [0.5, 0.6) is 0 Å². The minimum Gasteiger partial charge on any atom is -0.469 e. The van der Waals surface area contributed by atoms with Crippen molar-refractivity contribution >= 4 is 5.78 Å². The first kappa shape index (κ1) is 10.7. The Labute approximate surface area is 94.9 Å². The van der Waals surface area contributed by atoms with Crippen molar-refractivity contribution in [1.29, 1.82) is 0 Å². The van der Waals surface area contributed by atoms with Crippen molar-refractivity contribution < 1.29 is 9.21 Å². The molecule has 0 aliphatic heterocycles. The third-order valence-corrected chi connectivity index (χ3v) is 2.70. The molecule has 1 aromatic carbocycles. The first-order chi connectivity index (χ1) is 7.72. The fourth-order valence-corrected chi connectivity index (χ4v) is 1.71. The summed E-state index contributed by atoms with van der Waals surface area (Å²) in [7, 11) is 0. The van der Waals surface area contributed by atoms with E-state index in [-0.39, 0.29) is 5.78 Å². The zero-order chi connectivity index (χ0) is 11.5. The predicted molar refractivity (Wildman–Crippen MR) is 62.7 cm³/mol. The second kappa shape index (κ2) is 4.35. The maximum absolute atomic E-state index is 12.1. The fraction of sp³-hybridized carbons (Fsp3) is 0.214. The van der Waals surface area contributed by atoms with E-state index in [0.29, 0.717) is 11.3 Å². The number of hydrogen-bond acceptors (Lipinski definition) is 2. The van der Waals surface area contributed by atoms with Crippen molar-refractivity contribution in [2.24, 2.45) is 0 Å². The summed E-state index contributed by atoms with van der Waals surface area (Å²) in [6.45, 7) is 3.88. The highest BCUT2D eigenvalue weighted by Crippen LogP contribution is 2.16. The minimum absolute atomic E-state index is 0.0292. The summed E-state index contributed by atoms with van der Waals surface area (Å²) in [5.74, 6) is 0.702. The highest BCUT2D eigenvalue weighted by molar-refractivity contribution is 6.09. The van der Waals surface area contributed by atoms with Crippen LogP contribution in [0.15, 0.2) is 41.0 Å². The van der Waals surface area contributed by atoms with Crippen molar-refractivity contribution in [3.05, 3.63) is 59.0 Å². The molecule has 0 atom stereocenters. The molecule has 0 spiro atoms. The van der Waals surface area contributed by atoms with E-state index < -0.39 is 0 Å². The lowest BCUT2D eigenvalue weighted by Crippen LogP contribution is -2.01. The molecule has 0 amide bonds. The number of hydrogen-bond donors (Lipinski definition) is 0. The lowest BCUT2D eigenvalue weighted by Gasteiger charge is -2.02. The number of aryl methyl sites for hydroxylation is 2. The first-order valence-electron chi connectivity index (χ1n) is 5.40. The normalized spacial score (nSPS) is 10.4. The minimum atomic E-state index is 0.0292. The van der Waals surface area contributed by atoms with E-state index in [1.54, 1.807) is 19.3 Å². The van der Waals surface area contributed by atoms with Gasteiger partial charge in [-0.1, -0.05) is 25.1 Å². The lowest BCUT2D eigenvalue weighted by molar-refractivity contribution is 0.103. The largest absolute Gasteiger partial charge is 0.469 e. The van der Waals surface area contributed by atoms with E-state index in [0.717, 1.165) is 12.0 Å². The molecule has 2 rings (SSSR count). The Morgan fingerprint density at radius 2 is 2.12 bits per heavy atom. The summed E-state index contributed by atoms with van der Waals surface area (Å²) in [6.07, 6.45) is 2.48. The number of benzene rings is 1. The third-order valence-electron chi connectivity index (χ3n) is 2.70. The summed E-state index contributed by atoms with van der Waals surface area (Å²) in [5.41, 5.74) is 2.55. The third kappa shape index (κ3) is 1.91. The average Bonchev–Trinajstić information content (AvgIpc) is 2.74. The molecule has 16 heavy (non-hydrogen) atoms. The van der Waals surface area contributed by atoms with Gasteiger partial charge in [-0.2, -0.15) is 0 Å². The first-order valence-corrected chi connectivity index (χ1v) is 5.40. The standard InChI is InChI=1S/C14H14O2/c1-3-11-5-4-6-12(9-11)14(15)13-7-8-16-10(13)2/h4-9H,3H2,1-2H3. The predicted octanol–water partition coefficient (Wildman–Crippen LogP) is 3.38. The van der Waals surface area contributed by atoms with Crippen molar-refractivity contribution in [3.63, 3.8) is 0 Å². The topological polar surface area (TPSA) is 30.2 Å². The molecule has 2 aromatic rings. The molecule has 1 aromatic heterocycles. The molecule has 1 heterocycles. The van der Waals surface area contributed by atoms with Gasteiger partial charge in [-0.3, -0.25) is 4.79 Å². The second-order valence-corrected chi connectivity index (χ2v) is 3.77. The maximum atomic E-state index is 12.1. The van der Waals surface area contributed by atoms with Gasteiger partial charge < -0.3 is 4.42 Å². The molecular weight excluding hydrogens is 200 g/mol. The Morgan fingerprint density at radius 1 is 1.31 bits per heavy atom. The highest BCUT2D eigenvalue weighted by Gasteiger charge is 2.13. The molecule has 0 N–H and O–H groups in total. The van der Waals surface area contributed by atoms with Gasteiger partial charge in [-0.25, -0.2) is 0 Å².